The number of hydrogen-bond donors (Lipinski definition) is 1. The molecule has 4 rings (SSSR count). The summed E-state index contributed by atoms with van der Waals surface area (Å²) in [5, 5.41) is 18.6. The van der Waals surface area contributed by atoms with Crippen LogP contribution in [0.15, 0.2) is 18.5 Å². The second-order valence-electron chi connectivity index (χ2n) is 7.65. The molecule has 0 bridgehead atoms. The van der Waals surface area contributed by atoms with Crippen LogP contribution in [0.1, 0.15) is 43.3 Å². The van der Waals surface area contributed by atoms with Gasteiger partial charge in [0.2, 0.25) is 0 Å². The molecule has 27 heavy (non-hydrogen) atoms. The average molecular weight is 374 g/mol. The predicted molar refractivity (Wildman–Crippen MR) is 99.9 cm³/mol. The first-order valence-electron chi connectivity index (χ1n) is 9.75. The van der Waals surface area contributed by atoms with Crippen molar-refractivity contribution >= 4 is 5.69 Å². The van der Waals surface area contributed by atoms with Crippen molar-refractivity contribution in [1.82, 2.24) is 24.6 Å². The van der Waals surface area contributed by atoms with Crippen LogP contribution < -0.4 is 4.90 Å². The Kier molecular flexibility index (Phi) is 5.36. The Hall–Kier alpha value is -2.06. The molecular weight excluding hydrogens is 347 g/mol. The first-order chi connectivity index (χ1) is 13.1. The van der Waals surface area contributed by atoms with Gasteiger partial charge in [0, 0.05) is 45.3 Å². The average Bonchev–Trinajstić information content (AvgIpc) is 3.04. The highest BCUT2D eigenvalue weighted by Gasteiger charge is 2.28. The summed E-state index contributed by atoms with van der Waals surface area (Å²) in [7, 11) is 2.02. The number of aliphatic hydroxyl groups is 1. The maximum atomic E-state index is 14.1. The van der Waals surface area contributed by atoms with E-state index in [9.17, 15) is 9.50 Å². The molecule has 2 aliphatic rings. The zero-order valence-electron chi connectivity index (χ0n) is 15.8. The molecule has 0 aliphatic carbocycles. The van der Waals surface area contributed by atoms with E-state index in [-0.39, 0.29) is 17.8 Å². The normalized spacial score (nSPS) is 22.3. The van der Waals surface area contributed by atoms with E-state index in [2.05, 4.69) is 29.5 Å². The van der Waals surface area contributed by atoms with Crippen LogP contribution in [-0.2, 0) is 13.6 Å². The summed E-state index contributed by atoms with van der Waals surface area (Å²) in [5.41, 5.74) is 0.615. The van der Waals surface area contributed by atoms with Crippen LogP contribution in [0.3, 0.4) is 0 Å². The number of anilines is 1. The molecule has 0 saturated carbocycles. The first-order valence-corrected chi connectivity index (χ1v) is 9.75. The lowest BCUT2D eigenvalue weighted by Crippen LogP contribution is -2.36. The van der Waals surface area contributed by atoms with E-state index in [1.807, 2.05) is 7.05 Å². The Morgan fingerprint density at radius 2 is 2.00 bits per heavy atom. The number of aliphatic hydroxyl groups excluding tert-OH is 1. The van der Waals surface area contributed by atoms with Crippen LogP contribution in [0, 0.1) is 5.82 Å². The maximum Gasteiger partial charge on any atom is 0.164 e. The summed E-state index contributed by atoms with van der Waals surface area (Å²) >= 11 is 0. The fraction of sp³-hybridized carbons (Fsp3) is 0.632. The number of likely N-dealkylation sites (tertiary alicyclic amines) is 1. The van der Waals surface area contributed by atoms with Gasteiger partial charge in [-0.25, -0.2) is 4.39 Å². The highest BCUT2D eigenvalue weighted by atomic mass is 19.1. The van der Waals surface area contributed by atoms with Crippen molar-refractivity contribution in [3.8, 4) is 0 Å². The Labute approximate surface area is 158 Å². The molecule has 0 spiro atoms. The third kappa shape index (κ3) is 3.96. The summed E-state index contributed by atoms with van der Waals surface area (Å²) in [5.74, 6) is 1.89. The van der Waals surface area contributed by atoms with Gasteiger partial charge in [-0.2, -0.15) is 0 Å². The van der Waals surface area contributed by atoms with Gasteiger partial charge in [0.15, 0.2) is 5.82 Å². The number of aromatic nitrogens is 4. The van der Waals surface area contributed by atoms with Gasteiger partial charge < -0.3 is 14.6 Å². The number of hydrogen-bond acceptors (Lipinski definition) is 6. The minimum atomic E-state index is -0.274. The molecular formula is C19H27FN6O. The van der Waals surface area contributed by atoms with E-state index in [0.717, 1.165) is 70.1 Å². The van der Waals surface area contributed by atoms with E-state index in [4.69, 9.17) is 0 Å². The standard InChI is InChI=1S/C19H27FN6O/c1-24-18(13-25-9-5-15(27)6-10-25)22-23-19(24)14-3-2-8-26(12-14)17-4-7-21-11-16(17)20/h4,7,11,14-15,27H,2-3,5-6,8-10,12-13H2,1H3/t14-/m1/s1. The van der Waals surface area contributed by atoms with Gasteiger partial charge in [0.25, 0.3) is 0 Å². The molecule has 0 aromatic carbocycles. The largest absolute Gasteiger partial charge is 0.393 e. The molecule has 1 N–H and O–H groups in total. The number of piperidine rings is 2. The third-order valence-electron chi connectivity index (χ3n) is 5.80. The summed E-state index contributed by atoms with van der Waals surface area (Å²) in [6, 6.07) is 1.74. The van der Waals surface area contributed by atoms with E-state index < -0.39 is 0 Å². The van der Waals surface area contributed by atoms with Gasteiger partial charge in [-0.3, -0.25) is 9.88 Å². The van der Waals surface area contributed by atoms with Crippen LogP contribution in [0.25, 0.3) is 0 Å². The van der Waals surface area contributed by atoms with Crippen molar-refractivity contribution in [2.45, 2.75) is 44.2 Å². The molecule has 2 saturated heterocycles. The molecule has 7 nitrogen and oxygen atoms in total. The Balaban J connectivity index is 1.45. The van der Waals surface area contributed by atoms with Crippen LogP contribution in [0.5, 0.6) is 0 Å². The number of rotatable bonds is 4. The lowest BCUT2D eigenvalue weighted by Gasteiger charge is -2.34. The van der Waals surface area contributed by atoms with Crippen molar-refractivity contribution in [2.24, 2.45) is 7.05 Å². The van der Waals surface area contributed by atoms with Crippen LogP contribution in [-0.4, -0.2) is 62.0 Å². The summed E-state index contributed by atoms with van der Waals surface area (Å²) in [6.07, 6.45) is 6.41. The minimum absolute atomic E-state index is 0.168. The lowest BCUT2D eigenvalue weighted by molar-refractivity contribution is 0.0775. The van der Waals surface area contributed by atoms with Crippen molar-refractivity contribution in [1.29, 1.82) is 0 Å². The molecule has 8 heteroatoms. The number of halogens is 1. The fourth-order valence-corrected chi connectivity index (χ4v) is 4.18. The van der Waals surface area contributed by atoms with Gasteiger partial charge in [-0.15, -0.1) is 10.2 Å². The predicted octanol–water partition coefficient (Wildman–Crippen LogP) is 1.69. The quantitative estimate of drug-likeness (QED) is 0.878. The van der Waals surface area contributed by atoms with Crippen molar-refractivity contribution in [2.75, 3.05) is 31.1 Å². The first kappa shape index (κ1) is 18.3. The molecule has 2 aromatic rings. The maximum absolute atomic E-state index is 14.1. The Morgan fingerprint density at radius 3 is 2.78 bits per heavy atom. The molecule has 0 radical (unpaired) electrons. The SMILES string of the molecule is Cn1c(CN2CCC(O)CC2)nnc1[C@@H]1CCCN(c2ccncc2F)C1. The zero-order chi connectivity index (χ0) is 18.8. The molecule has 0 unspecified atom stereocenters. The van der Waals surface area contributed by atoms with Gasteiger partial charge >= 0.3 is 0 Å². The molecule has 0 amide bonds. The molecule has 146 valence electrons. The van der Waals surface area contributed by atoms with Crippen molar-refractivity contribution in [3.63, 3.8) is 0 Å². The second kappa shape index (κ2) is 7.90. The van der Waals surface area contributed by atoms with E-state index in [0.29, 0.717) is 5.69 Å². The summed E-state index contributed by atoms with van der Waals surface area (Å²) in [6.45, 7) is 4.12. The van der Waals surface area contributed by atoms with E-state index >= 15 is 0 Å². The number of nitrogens with zero attached hydrogens (tertiary/aromatic N) is 6. The third-order valence-corrected chi connectivity index (χ3v) is 5.80. The van der Waals surface area contributed by atoms with Crippen LogP contribution in [0.2, 0.25) is 0 Å². The highest BCUT2D eigenvalue weighted by molar-refractivity contribution is 5.47. The number of pyridine rings is 1. The van der Waals surface area contributed by atoms with E-state index in [1.165, 1.54) is 6.20 Å². The smallest absolute Gasteiger partial charge is 0.164 e. The molecule has 2 aromatic heterocycles. The zero-order valence-corrected chi connectivity index (χ0v) is 15.8. The van der Waals surface area contributed by atoms with Crippen molar-refractivity contribution < 1.29 is 9.50 Å². The summed E-state index contributed by atoms with van der Waals surface area (Å²) < 4.78 is 16.2. The summed E-state index contributed by atoms with van der Waals surface area (Å²) in [4.78, 5) is 8.25. The molecule has 2 fully saturated rings. The Bertz CT molecular complexity index is 773. The lowest BCUT2D eigenvalue weighted by atomic mass is 9.96. The monoisotopic (exact) mass is 374 g/mol. The Morgan fingerprint density at radius 1 is 1.19 bits per heavy atom. The van der Waals surface area contributed by atoms with Gasteiger partial charge in [0.1, 0.15) is 11.6 Å². The minimum Gasteiger partial charge on any atom is -0.393 e. The van der Waals surface area contributed by atoms with Crippen LogP contribution in [0.4, 0.5) is 10.1 Å². The van der Waals surface area contributed by atoms with Crippen LogP contribution >= 0.6 is 0 Å². The fourth-order valence-electron chi connectivity index (χ4n) is 4.18. The van der Waals surface area contributed by atoms with Crippen molar-refractivity contribution in [3.05, 3.63) is 35.9 Å². The second-order valence-corrected chi connectivity index (χ2v) is 7.65. The molecule has 1 atom stereocenters. The topological polar surface area (TPSA) is 70.3 Å². The highest BCUT2D eigenvalue weighted by Crippen LogP contribution is 2.30. The molecule has 2 aliphatic heterocycles. The van der Waals surface area contributed by atoms with Gasteiger partial charge in [0.05, 0.1) is 24.5 Å². The molecule has 4 heterocycles. The van der Waals surface area contributed by atoms with E-state index in [1.54, 1.807) is 12.3 Å². The van der Waals surface area contributed by atoms with Gasteiger partial charge in [-0.05, 0) is 31.7 Å². The van der Waals surface area contributed by atoms with Gasteiger partial charge in [-0.1, -0.05) is 0 Å².